The predicted octanol–water partition coefficient (Wildman–Crippen LogP) is 5.60. The first-order valence-corrected chi connectivity index (χ1v) is 9.40. The number of nitrogens with zero attached hydrogens (tertiary/aromatic N) is 2. The van der Waals surface area contributed by atoms with E-state index in [1.165, 1.54) is 39.2 Å². The number of aromatic nitrogens is 2. The van der Waals surface area contributed by atoms with Crippen molar-refractivity contribution < 1.29 is 0 Å². The van der Waals surface area contributed by atoms with Gasteiger partial charge in [-0.25, -0.2) is 0 Å². The average molecular weight is 338 g/mol. The molecule has 1 heterocycles. The highest BCUT2D eigenvalue weighted by Crippen LogP contribution is 2.42. The molecule has 0 radical (unpaired) electrons. The molecule has 0 aliphatic heterocycles. The quantitative estimate of drug-likeness (QED) is 0.608. The molecule has 0 saturated carbocycles. The second kappa shape index (κ2) is 6.14. The highest BCUT2D eigenvalue weighted by Gasteiger charge is 2.29. The fourth-order valence-corrected chi connectivity index (χ4v) is 4.32. The first kappa shape index (κ1) is 15.4. The van der Waals surface area contributed by atoms with Crippen LogP contribution in [-0.2, 0) is 13.0 Å². The van der Waals surface area contributed by atoms with Crippen LogP contribution in [0.1, 0.15) is 41.6 Å². The van der Waals surface area contributed by atoms with Gasteiger partial charge in [0.2, 0.25) is 0 Å². The van der Waals surface area contributed by atoms with Crippen LogP contribution in [-0.4, -0.2) is 9.78 Å². The summed E-state index contributed by atoms with van der Waals surface area (Å²) in [6.45, 7) is 3.15. The van der Waals surface area contributed by atoms with Gasteiger partial charge in [0, 0.05) is 11.1 Å². The first-order valence-electron chi connectivity index (χ1n) is 9.40. The summed E-state index contributed by atoms with van der Waals surface area (Å²) in [7, 11) is 0. The maximum Gasteiger partial charge on any atom is 0.0964 e. The molecule has 2 aliphatic rings. The van der Waals surface area contributed by atoms with Crippen LogP contribution in [0.3, 0.4) is 0 Å². The Bertz CT molecular complexity index is 1020. The summed E-state index contributed by atoms with van der Waals surface area (Å²) in [6, 6.07) is 19.4. The van der Waals surface area contributed by atoms with Gasteiger partial charge in [-0.1, -0.05) is 79.7 Å². The molecule has 2 aliphatic carbocycles. The maximum absolute atomic E-state index is 5.11. The molecule has 26 heavy (non-hydrogen) atoms. The Kier molecular flexibility index (Phi) is 3.63. The fraction of sp³-hybridized carbons (Fsp3) is 0.208. The molecule has 5 rings (SSSR count). The van der Waals surface area contributed by atoms with E-state index >= 15 is 0 Å². The Morgan fingerprint density at radius 3 is 2.65 bits per heavy atom. The lowest BCUT2D eigenvalue weighted by Gasteiger charge is -2.22. The Hall–Kier alpha value is -2.87. The van der Waals surface area contributed by atoms with E-state index in [4.69, 9.17) is 5.10 Å². The van der Waals surface area contributed by atoms with Crippen molar-refractivity contribution in [2.24, 2.45) is 0 Å². The minimum absolute atomic E-state index is 0.529. The van der Waals surface area contributed by atoms with Crippen LogP contribution in [0.5, 0.6) is 0 Å². The molecule has 0 fully saturated rings. The van der Waals surface area contributed by atoms with Crippen LogP contribution < -0.4 is 0 Å². The van der Waals surface area contributed by atoms with E-state index in [9.17, 15) is 0 Å². The van der Waals surface area contributed by atoms with Gasteiger partial charge in [-0.2, -0.15) is 5.10 Å². The molecule has 0 N–H and O–H groups in total. The van der Waals surface area contributed by atoms with Crippen LogP contribution in [0.25, 0.3) is 16.8 Å². The lowest BCUT2D eigenvalue weighted by Crippen LogP contribution is -2.09. The summed E-state index contributed by atoms with van der Waals surface area (Å²) in [4.78, 5) is 0. The van der Waals surface area contributed by atoms with E-state index in [-0.39, 0.29) is 0 Å². The molecular weight excluding hydrogens is 316 g/mol. The number of allylic oxidation sites excluding steroid dienone is 4. The first-order chi connectivity index (χ1) is 12.8. The van der Waals surface area contributed by atoms with E-state index in [1.807, 2.05) is 0 Å². The second-order valence-electron chi connectivity index (χ2n) is 7.34. The molecule has 0 amide bonds. The molecule has 1 atom stereocenters. The summed E-state index contributed by atoms with van der Waals surface area (Å²) < 4.78 is 2.23. The van der Waals surface area contributed by atoms with Crippen molar-refractivity contribution in [1.29, 1.82) is 0 Å². The Morgan fingerprint density at radius 2 is 1.85 bits per heavy atom. The van der Waals surface area contributed by atoms with E-state index in [1.54, 1.807) is 0 Å². The molecular formula is C24H22N2. The van der Waals surface area contributed by atoms with Crippen LogP contribution in [0, 0.1) is 0 Å². The zero-order valence-electron chi connectivity index (χ0n) is 15.0. The van der Waals surface area contributed by atoms with Crippen LogP contribution in [0.15, 0.2) is 72.8 Å². The summed E-state index contributed by atoms with van der Waals surface area (Å²) in [6.07, 6.45) is 8.73. The lowest BCUT2D eigenvalue weighted by atomic mass is 9.81. The third-order valence-corrected chi connectivity index (χ3v) is 5.56. The fourth-order valence-electron chi connectivity index (χ4n) is 4.32. The molecule has 1 unspecified atom stereocenters. The molecule has 128 valence electrons. The second-order valence-corrected chi connectivity index (χ2v) is 7.34. The monoisotopic (exact) mass is 338 g/mol. The van der Waals surface area contributed by atoms with Crippen molar-refractivity contribution >= 4 is 5.57 Å². The van der Waals surface area contributed by atoms with Gasteiger partial charge in [0.05, 0.1) is 17.9 Å². The van der Waals surface area contributed by atoms with E-state index < -0.39 is 0 Å². The lowest BCUT2D eigenvalue weighted by molar-refractivity contribution is 0.677. The summed E-state index contributed by atoms with van der Waals surface area (Å²) >= 11 is 0. The molecule has 0 saturated heterocycles. The van der Waals surface area contributed by atoms with Gasteiger partial charge in [0.1, 0.15) is 0 Å². The van der Waals surface area contributed by atoms with Gasteiger partial charge < -0.3 is 0 Å². The van der Waals surface area contributed by atoms with Gasteiger partial charge in [-0.15, -0.1) is 0 Å². The topological polar surface area (TPSA) is 17.8 Å². The highest BCUT2D eigenvalue weighted by molar-refractivity contribution is 5.79. The van der Waals surface area contributed by atoms with E-state index in [0.717, 1.165) is 19.4 Å². The van der Waals surface area contributed by atoms with Crippen molar-refractivity contribution in [3.63, 3.8) is 0 Å². The zero-order valence-corrected chi connectivity index (χ0v) is 15.0. The summed E-state index contributed by atoms with van der Waals surface area (Å²) in [5.74, 6) is 0.529. The molecule has 2 aromatic carbocycles. The van der Waals surface area contributed by atoms with Crippen LogP contribution >= 0.6 is 0 Å². The third-order valence-electron chi connectivity index (χ3n) is 5.56. The van der Waals surface area contributed by atoms with Gasteiger partial charge in [0.25, 0.3) is 0 Å². The zero-order chi connectivity index (χ0) is 17.5. The van der Waals surface area contributed by atoms with Gasteiger partial charge >= 0.3 is 0 Å². The van der Waals surface area contributed by atoms with E-state index in [0.29, 0.717) is 5.92 Å². The van der Waals surface area contributed by atoms with Crippen molar-refractivity contribution in [3.8, 4) is 11.3 Å². The predicted molar refractivity (Wildman–Crippen MR) is 107 cm³/mol. The Labute approximate surface area is 154 Å². The normalized spacial score (nSPS) is 17.7. The number of benzene rings is 2. The number of rotatable bonds is 3. The van der Waals surface area contributed by atoms with Crippen molar-refractivity contribution in [3.05, 3.63) is 95.2 Å². The SMILES string of the molecule is CC1Cc2c(nn(Cc3ccccc3)c2C2=CC=CC2)-c2ccccc21. The molecule has 0 spiro atoms. The van der Waals surface area contributed by atoms with Gasteiger partial charge in [-0.05, 0) is 35.5 Å². The number of hydrogen-bond donors (Lipinski definition) is 0. The minimum Gasteiger partial charge on any atom is -0.260 e. The molecule has 2 heteroatoms. The van der Waals surface area contributed by atoms with E-state index in [2.05, 4.69) is 84.4 Å². The molecule has 0 bridgehead atoms. The largest absolute Gasteiger partial charge is 0.260 e. The van der Waals surface area contributed by atoms with Crippen LogP contribution in [0.2, 0.25) is 0 Å². The van der Waals surface area contributed by atoms with Crippen LogP contribution in [0.4, 0.5) is 0 Å². The molecule has 2 nitrogen and oxygen atoms in total. The standard InChI is InChI=1S/C24H22N2/c1-17-15-22-23(21-14-8-7-13-20(17)21)25-26(16-18-9-3-2-4-10-18)24(22)19-11-5-6-12-19/h2-11,13-14,17H,12,15-16H2,1H3. The highest BCUT2D eigenvalue weighted by atomic mass is 15.3. The summed E-state index contributed by atoms with van der Waals surface area (Å²) in [5, 5.41) is 5.11. The molecule has 1 aromatic heterocycles. The summed E-state index contributed by atoms with van der Waals surface area (Å²) in [5.41, 5.74) is 9.34. The minimum atomic E-state index is 0.529. The smallest absolute Gasteiger partial charge is 0.0964 e. The Morgan fingerprint density at radius 1 is 1.04 bits per heavy atom. The van der Waals surface area contributed by atoms with Gasteiger partial charge in [0.15, 0.2) is 0 Å². The maximum atomic E-state index is 5.11. The van der Waals surface area contributed by atoms with Gasteiger partial charge in [-0.3, -0.25) is 4.68 Å². The van der Waals surface area contributed by atoms with Crippen molar-refractivity contribution in [1.82, 2.24) is 9.78 Å². The number of hydrogen-bond acceptors (Lipinski definition) is 1. The Balaban J connectivity index is 1.69. The number of fused-ring (bicyclic) bond motifs is 3. The molecule has 3 aromatic rings. The van der Waals surface area contributed by atoms with Crippen molar-refractivity contribution in [2.75, 3.05) is 0 Å². The van der Waals surface area contributed by atoms with Crippen molar-refractivity contribution in [2.45, 2.75) is 32.2 Å². The third kappa shape index (κ3) is 2.45. The average Bonchev–Trinajstić information content (AvgIpc) is 3.30.